The topological polar surface area (TPSA) is 40.6 Å². The normalized spacial score (nSPS) is 18.0. The van der Waals surface area contributed by atoms with Crippen LogP contribution in [0.15, 0.2) is 78.9 Å². The van der Waals surface area contributed by atoms with Crippen molar-refractivity contribution in [3.05, 3.63) is 101 Å². The summed E-state index contributed by atoms with van der Waals surface area (Å²) in [7, 11) is 0. The van der Waals surface area contributed by atoms with Gasteiger partial charge in [-0.3, -0.25) is 9.59 Å². The van der Waals surface area contributed by atoms with Gasteiger partial charge >= 0.3 is 0 Å². The molecule has 0 aliphatic carbocycles. The highest BCUT2D eigenvalue weighted by Gasteiger charge is 2.33. The zero-order chi connectivity index (χ0) is 20.5. The van der Waals surface area contributed by atoms with Crippen molar-refractivity contribution in [2.75, 3.05) is 17.2 Å². The predicted octanol–water partition coefficient (Wildman–Crippen LogP) is 4.66. The Morgan fingerprint density at radius 2 is 1.67 bits per heavy atom. The van der Waals surface area contributed by atoms with Crippen molar-refractivity contribution >= 4 is 29.3 Å². The number of benzene rings is 3. The third-order valence-electron chi connectivity index (χ3n) is 5.74. The number of hydrogen-bond donors (Lipinski definition) is 0. The quantitative estimate of drug-likeness (QED) is 0.623. The molecule has 0 radical (unpaired) electrons. The van der Waals surface area contributed by atoms with Gasteiger partial charge in [-0.05, 0) is 41.3 Å². The summed E-state index contributed by atoms with van der Waals surface area (Å²) in [5.74, 6) is 0.674. The fraction of sp³-hybridized carbons (Fsp3) is 0.200. The van der Waals surface area contributed by atoms with Crippen molar-refractivity contribution in [2.45, 2.75) is 18.3 Å². The predicted molar refractivity (Wildman–Crippen MR) is 120 cm³/mol. The van der Waals surface area contributed by atoms with Gasteiger partial charge in [0.05, 0.1) is 5.75 Å². The molecule has 1 saturated heterocycles. The van der Waals surface area contributed by atoms with Crippen LogP contribution in [-0.4, -0.2) is 29.0 Å². The third-order valence-corrected chi connectivity index (χ3v) is 6.99. The fourth-order valence-electron chi connectivity index (χ4n) is 4.18. The van der Waals surface area contributed by atoms with Crippen LogP contribution in [0, 0.1) is 0 Å². The monoisotopic (exact) mass is 414 g/mol. The molecule has 1 unspecified atom stereocenters. The number of para-hydroxylation sites is 1. The van der Waals surface area contributed by atoms with Gasteiger partial charge in [0.15, 0.2) is 0 Å². The van der Waals surface area contributed by atoms with E-state index in [1.807, 2.05) is 82.6 Å². The van der Waals surface area contributed by atoms with Crippen LogP contribution in [0.2, 0.25) is 0 Å². The molecule has 1 atom stereocenters. The Balaban J connectivity index is 1.34. The molecule has 0 N–H and O–H groups in total. The average molecular weight is 415 g/mol. The van der Waals surface area contributed by atoms with Gasteiger partial charge in [-0.1, -0.05) is 60.7 Å². The first-order valence-corrected chi connectivity index (χ1v) is 11.2. The summed E-state index contributed by atoms with van der Waals surface area (Å²) in [6.07, 6.45) is 0.898. The van der Waals surface area contributed by atoms with E-state index in [0.717, 1.165) is 29.8 Å². The molecule has 5 rings (SSSR count). The van der Waals surface area contributed by atoms with Crippen LogP contribution >= 0.6 is 11.8 Å². The van der Waals surface area contributed by atoms with E-state index in [9.17, 15) is 9.59 Å². The molecule has 3 aromatic carbocycles. The molecule has 0 spiro atoms. The molecular weight excluding hydrogens is 392 g/mol. The Hall–Kier alpha value is -3.05. The Morgan fingerprint density at radius 3 is 2.47 bits per heavy atom. The second-order valence-corrected chi connectivity index (χ2v) is 8.70. The highest BCUT2D eigenvalue weighted by molar-refractivity contribution is 8.00. The van der Waals surface area contributed by atoms with E-state index in [2.05, 4.69) is 6.07 Å². The van der Waals surface area contributed by atoms with Crippen molar-refractivity contribution < 1.29 is 9.59 Å². The molecule has 0 aromatic heterocycles. The van der Waals surface area contributed by atoms with Gasteiger partial charge in [-0.15, -0.1) is 11.8 Å². The molecule has 150 valence electrons. The Morgan fingerprint density at radius 1 is 0.933 bits per heavy atom. The van der Waals surface area contributed by atoms with Gasteiger partial charge in [0.25, 0.3) is 5.91 Å². The van der Waals surface area contributed by atoms with Crippen LogP contribution in [0.5, 0.6) is 0 Å². The van der Waals surface area contributed by atoms with Crippen molar-refractivity contribution in [3.8, 4) is 0 Å². The summed E-state index contributed by atoms with van der Waals surface area (Å²) in [6.45, 7) is 1.32. The molecule has 0 bridgehead atoms. The molecule has 5 heteroatoms. The van der Waals surface area contributed by atoms with Crippen molar-refractivity contribution in [1.29, 1.82) is 0 Å². The van der Waals surface area contributed by atoms with E-state index in [1.54, 1.807) is 11.8 Å². The lowest BCUT2D eigenvalue weighted by Crippen LogP contribution is -2.29. The van der Waals surface area contributed by atoms with Gasteiger partial charge in [0, 0.05) is 24.3 Å². The summed E-state index contributed by atoms with van der Waals surface area (Å²) in [4.78, 5) is 29.3. The van der Waals surface area contributed by atoms with Crippen LogP contribution in [0.1, 0.15) is 32.4 Å². The summed E-state index contributed by atoms with van der Waals surface area (Å²) in [5, 5.41) is -0.0191. The maximum absolute atomic E-state index is 13.1. The number of thioether (sulfide) groups is 1. The lowest BCUT2D eigenvalue weighted by Gasteiger charge is -2.24. The number of anilines is 1. The molecule has 4 nitrogen and oxygen atoms in total. The second-order valence-electron chi connectivity index (χ2n) is 7.63. The lowest BCUT2D eigenvalue weighted by molar-refractivity contribution is -0.128. The van der Waals surface area contributed by atoms with Crippen LogP contribution in [-0.2, 0) is 17.8 Å². The molecule has 30 heavy (non-hydrogen) atoms. The first-order chi connectivity index (χ1) is 14.7. The molecular formula is C25H22N2O2S. The van der Waals surface area contributed by atoms with Gasteiger partial charge in [0.2, 0.25) is 5.91 Å². The lowest BCUT2D eigenvalue weighted by atomic mass is 10.1. The number of rotatable bonds is 4. The molecule has 3 aromatic rings. The highest BCUT2D eigenvalue weighted by Crippen LogP contribution is 2.39. The van der Waals surface area contributed by atoms with Crippen LogP contribution in [0.25, 0.3) is 0 Å². The number of hydrogen-bond acceptors (Lipinski definition) is 3. The average Bonchev–Trinajstić information content (AvgIpc) is 3.38. The van der Waals surface area contributed by atoms with E-state index < -0.39 is 0 Å². The molecule has 0 saturated carbocycles. The molecule has 1 fully saturated rings. The largest absolute Gasteiger partial charge is 0.322 e. The van der Waals surface area contributed by atoms with Crippen LogP contribution < -0.4 is 4.90 Å². The minimum atomic E-state index is -0.0191. The number of carbonyl (C=O) groups is 2. The Labute approximate surface area is 180 Å². The van der Waals surface area contributed by atoms with E-state index in [1.165, 1.54) is 5.56 Å². The third kappa shape index (κ3) is 3.50. The summed E-state index contributed by atoms with van der Waals surface area (Å²) in [6, 6.07) is 25.9. The maximum atomic E-state index is 13.1. The minimum Gasteiger partial charge on any atom is -0.322 e. The number of nitrogens with zero attached hydrogens (tertiary/aromatic N) is 2. The minimum absolute atomic E-state index is 0.0191. The second kappa shape index (κ2) is 8.00. The van der Waals surface area contributed by atoms with Gasteiger partial charge in [-0.25, -0.2) is 0 Å². The highest BCUT2D eigenvalue weighted by atomic mass is 32.2. The van der Waals surface area contributed by atoms with Crippen molar-refractivity contribution in [2.24, 2.45) is 0 Å². The van der Waals surface area contributed by atoms with Crippen molar-refractivity contribution in [3.63, 3.8) is 0 Å². The SMILES string of the molecule is O=C(c1ccc(C2SCC(=O)N2Cc2ccccc2)cc1)N1CCc2ccccc21. The molecule has 2 aliphatic heterocycles. The summed E-state index contributed by atoms with van der Waals surface area (Å²) in [5.41, 5.74) is 5.09. The van der Waals surface area contributed by atoms with Gasteiger partial charge in [-0.2, -0.15) is 0 Å². The number of fused-ring (bicyclic) bond motifs is 1. The molecule has 2 heterocycles. The van der Waals surface area contributed by atoms with E-state index in [0.29, 0.717) is 17.9 Å². The standard InChI is InChI=1S/C25H22N2O2S/c28-23-17-30-25(27(23)16-18-6-2-1-3-7-18)21-12-10-20(11-13-21)24(29)26-15-14-19-8-4-5-9-22(19)26/h1-13,25H,14-17H2. The van der Waals surface area contributed by atoms with E-state index >= 15 is 0 Å². The van der Waals surface area contributed by atoms with Crippen LogP contribution in [0.4, 0.5) is 5.69 Å². The Kier molecular flexibility index (Phi) is 5.05. The first kappa shape index (κ1) is 18.9. The molecule has 2 aliphatic rings. The fourth-order valence-corrected chi connectivity index (χ4v) is 5.36. The summed E-state index contributed by atoms with van der Waals surface area (Å²) < 4.78 is 0. The maximum Gasteiger partial charge on any atom is 0.258 e. The van der Waals surface area contributed by atoms with Crippen molar-refractivity contribution in [1.82, 2.24) is 4.90 Å². The Bertz CT molecular complexity index is 1080. The smallest absolute Gasteiger partial charge is 0.258 e. The summed E-state index contributed by atoms with van der Waals surface area (Å²) >= 11 is 1.64. The van der Waals surface area contributed by atoms with Gasteiger partial charge < -0.3 is 9.80 Å². The number of amides is 2. The zero-order valence-electron chi connectivity index (χ0n) is 16.5. The zero-order valence-corrected chi connectivity index (χ0v) is 17.3. The van der Waals surface area contributed by atoms with Gasteiger partial charge in [0.1, 0.15) is 5.37 Å². The number of carbonyl (C=O) groups excluding carboxylic acids is 2. The molecule has 2 amide bonds. The first-order valence-electron chi connectivity index (χ1n) is 10.2. The van der Waals surface area contributed by atoms with E-state index in [-0.39, 0.29) is 17.2 Å². The van der Waals surface area contributed by atoms with E-state index in [4.69, 9.17) is 0 Å². The van der Waals surface area contributed by atoms with Crippen LogP contribution in [0.3, 0.4) is 0 Å².